The Hall–Kier alpha value is -1.95. The molecule has 0 fully saturated rings. The zero-order valence-electron chi connectivity index (χ0n) is 9.46. The summed E-state index contributed by atoms with van der Waals surface area (Å²) in [6.45, 7) is 0. The van der Waals surface area contributed by atoms with Gasteiger partial charge in [-0.2, -0.15) is 5.10 Å². The molecular formula is C12H9BrN2O3. The Morgan fingerprint density at radius 2 is 2.06 bits per heavy atom. The lowest BCUT2D eigenvalue weighted by atomic mass is 10.3. The molecule has 2 rings (SSSR count). The standard InChI is InChI=1S/C12H9BrN2O3/c1-18-12(17)11-10(16)6-7-15(14-11)9-5-3-2-4-8(9)13/h2-7H,1H3. The van der Waals surface area contributed by atoms with Crippen molar-refractivity contribution in [1.29, 1.82) is 0 Å². The molecule has 0 aliphatic heterocycles. The van der Waals surface area contributed by atoms with Crippen molar-refractivity contribution in [1.82, 2.24) is 9.78 Å². The zero-order chi connectivity index (χ0) is 13.1. The Morgan fingerprint density at radius 3 is 2.72 bits per heavy atom. The number of halogens is 1. The summed E-state index contributed by atoms with van der Waals surface area (Å²) in [5.41, 5.74) is 0.0172. The lowest BCUT2D eigenvalue weighted by Gasteiger charge is -2.08. The number of ether oxygens (including phenoxy) is 1. The summed E-state index contributed by atoms with van der Waals surface area (Å²) < 4.78 is 6.76. The van der Waals surface area contributed by atoms with Gasteiger partial charge in [0.15, 0.2) is 0 Å². The summed E-state index contributed by atoms with van der Waals surface area (Å²) in [5.74, 6) is -0.749. The van der Waals surface area contributed by atoms with Gasteiger partial charge in [-0.15, -0.1) is 0 Å². The Labute approximate surface area is 111 Å². The van der Waals surface area contributed by atoms with Crippen LogP contribution in [0.2, 0.25) is 0 Å². The van der Waals surface area contributed by atoms with Gasteiger partial charge in [0.05, 0.1) is 12.8 Å². The molecule has 1 aromatic carbocycles. The molecule has 0 saturated carbocycles. The maximum atomic E-state index is 11.5. The van der Waals surface area contributed by atoms with Crippen LogP contribution in [0.5, 0.6) is 0 Å². The number of hydrogen-bond donors (Lipinski definition) is 0. The normalized spacial score (nSPS) is 10.1. The van der Waals surface area contributed by atoms with Crippen LogP contribution >= 0.6 is 15.9 Å². The average Bonchev–Trinajstić information content (AvgIpc) is 2.39. The number of rotatable bonds is 2. The Morgan fingerprint density at radius 1 is 1.33 bits per heavy atom. The number of nitrogens with zero attached hydrogens (tertiary/aromatic N) is 2. The van der Waals surface area contributed by atoms with Gasteiger partial charge in [0.25, 0.3) is 0 Å². The molecular weight excluding hydrogens is 300 g/mol. The van der Waals surface area contributed by atoms with Gasteiger partial charge >= 0.3 is 5.97 Å². The molecule has 0 unspecified atom stereocenters. The molecule has 5 nitrogen and oxygen atoms in total. The second-order valence-corrected chi connectivity index (χ2v) is 4.27. The Kier molecular flexibility index (Phi) is 3.57. The predicted molar refractivity (Wildman–Crippen MR) is 68.9 cm³/mol. The molecule has 0 aliphatic rings. The Balaban J connectivity index is 2.58. The molecule has 0 atom stereocenters. The first-order chi connectivity index (χ1) is 8.63. The highest BCUT2D eigenvalue weighted by molar-refractivity contribution is 9.10. The average molecular weight is 309 g/mol. The fourth-order valence-corrected chi connectivity index (χ4v) is 1.88. The molecule has 0 bridgehead atoms. The third-order valence-electron chi connectivity index (χ3n) is 2.29. The molecule has 1 heterocycles. The van der Waals surface area contributed by atoms with Crippen LogP contribution < -0.4 is 5.43 Å². The topological polar surface area (TPSA) is 61.2 Å². The summed E-state index contributed by atoms with van der Waals surface area (Å²) in [4.78, 5) is 22.9. The van der Waals surface area contributed by atoms with Crippen molar-refractivity contribution in [3.05, 3.63) is 56.9 Å². The number of carbonyl (C=O) groups is 1. The van der Waals surface area contributed by atoms with E-state index in [0.29, 0.717) is 0 Å². The minimum Gasteiger partial charge on any atom is -0.464 e. The van der Waals surface area contributed by atoms with Crippen molar-refractivity contribution < 1.29 is 9.53 Å². The minimum absolute atomic E-state index is 0.240. The third-order valence-corrected chi connectivity index (χ3v) is 2.96. The molecule has 92 valence electrons. The van der Waals surface area contributed by atoms with E-state index in [2.05, 4.69) is 25.8 Å². The molecule has 0 radical (unpaired) electrons. The van der Waals surface area contributed by atoms with Gasteiger partial charge in [-0.25, -0.2) is 9.48 Å². The number of carbonyl (C=O) groups excluding carboxylic acids is 1. The molecule has 0 N–H and O–H groups in total. The van der Waals surface area contributed by atoms with Crippen molar-refractivity contribution in [2.24, 2.45) is 0 Å². The molecule has 6 heteroatoms. The summed E-state index contributed by atoms with van der Waals surface area (Å²) in [5, 5.41) is 3.97. The highest BCUT2D eigenvalue weighted by Crippen LogP contribution is 2.18. The second kappa shape index (κ2) is 5.14. The van der Waals surface area contributed by atoms with Crippen LogP contribution in [0.1, 0.15) is 10.5 Å². The molecule has 0 saturated heterocycles. The summed E-state index contributed by atoms with van der Waals surface area (Å²) in [7, 11) is 1.21. The van der Waals surface area contributed by atoms with E-state index in [4.69, 9.17) is 0 Å². The lowest BCUT2D eigenvalue weighted by Crippen LogP contribution is -2.21. The first kappa shape index (κ1) is 12.5. The number of para-hydroxylation sites is 1. The highest BCUT2D eigenvalue weighted by atomic mass is 79.9. The first-order valence-corrected chi connectivity index (χ1v) is 5.86. The maximum absolute atomic E-state index is 11.5. The molecule has 0 aliphatic carbocycles. The minimum atomic E-state index is -0.749. The van der Waals surface area contributed by atoms with Crippen molar-refractivity contribution in [3.8, 4) is 5.69 Å². The monoisotopic (exact) mass is 308 g/mol. The van der Waals surface area contributed by atoms with Crippen LogP contribution in [0.4, 0.5) is 0 Å². The number of benzene rings is 1. The van der Waals surface area contributed by atoms with Crippen molar-refractivity contribution in [2.45, 2.75) is 0 Å². The smallest absolute Gasteiger partial charge is 0.362 e. The molecule has 0 amide bonds. The molecule has 0 spiro atoms. The van der Waals surface area contributed by atoms with Gasteiger partial charge in [0.1, 0.15) is 0 Å². The van der Waals surface area contributed by atoms with Crippen LogP contribution in [0, 0.1) is 0 Å². The molecule has 18 heavy (non-hydrogen) atoms. The number of methoxy groups -OCH3 is 1. The van der Waals surface area contributed by atoms with E-state index in [1.54, 1.807) is 0 Å². The van der Waals surface area contributed by atoms with Crippen LogP contribution in [0.15, 0.2) is 45.8 Å². The van der Waals surface area contributed by atoms with Gasteiger partial charge in [0.2, 0.25) is 11.1 Å². The third kappa shape index (κ3) is 2.33. The van der Waals surface area contributed by atoms with Crippen molar-refractivity contribution in [3.63, 3.8) is 0 Å². The first-order valence-electron chi connectivity index (χ1n) is 5.06. The van der Waals surface area contributed by atoms with Crippen LogP contribution in [-0.2, 0) is 4.74 Å². The molecule has 1 aromatic heterocycles. The van der Waals surface area contributed by atoms with E-state index < -0.39 is 11.4 Å². The Bertz CT molecular complexity index is 652. The summed E-state index contributed by atoms with van der Waals surface area (Å²) >= 11 is 3.38. The maximum Gasteiger partial charge on any atom is 0.362 e. The van der Waals surface area contributed by atoms with E-state index in [1.165, 1.54) is 24.1 Å². The fraction of sp³-hybridized carbons (Fsp3) is 0.0833. The lowest BCUT2D eigenvalue weighted by molar-refractivity contribution is 0.0590. The van der Waals surface area contributed by atoms with E-state index in [1.807, 2.05) is 24.3 Å². The largest absolute Gasteiger partial charge is 0.464 e. The van der Waals surface area contributed by atoms with E-state index >= 15 is 0 Å². The van der Waals surface area contributed by atoms with E-state index in [0.717, 1.165) is 10.2 Å². The van der Waals surface area contributed by atoms with Gasteiger partial charge in [-0.05, 0) is 28.1 Å². The quantitative estimate of drug-likeness (QED) is 0.793. The summed E-state index contributed by atoms with van der Waals surface area (Å²) in [6, 6.07) is 8.61. The number of aromatic nitrogens is 2. The van der Waals surface area contributed by atoms with Gasteiger partial charge in [-0.3, -0.25) is 4.79 Å². The predicted octanol–water partition coefficient (Wildman–Crippen LogP) is 1.78. The van der Waals surface area contributed by atoms with Crippen LogP contribution in [-0.4, -0.2) is 22.9 Å². The molecule has 2 aromatic rings. The second-order valence-electron chi connectivity index (χ2n) is 3.42. The van der Waals surface area contributed by atoms with Gasteiger partial charge in [0, 0.05) is 16.7 Å². The van der Waals surface area contributed by atoms with Gasteiger partial charge < -0.3 is 4.74 Å². The zero-order valence-corrected chi connectivity index (χ0v) is 11.0. The van der Waals surface area contributed by atoms with E-state index in [-0.39, 0.29) is 5.69 Å². The van der Waals surface area contributed by atoms with Crippen molar-refractivity contribution >= 4 is 21.9 Å². The SMILES string of the molecule is COC(=O)c1nn(-c2ccccc2Br)ccc1=O. The van der Waals surface area contributed by atoms with Gasteiger partial charge in [-0.1, -0.05) is 12.1 Å². The highest BCUT2D eigenvalue weighted by Gasteiger charge is 2.13. The van der Waals surface area contributed by atoms with E-state index in [9.17, 15) is 9.59 Å². The van der Waals surface area contributed by atoms with Crippen LogP contribution in [0.25, 0.3) is 5.69 Å². The summed E-state index contributed by atoms with van der Waals surface area (Å²) in [6.07, 6.45) is 1.49. The van der Waals surface area contributed by atoms with Crippen LogP contribution in [0.3, 0.4) is 0 Å². The number of esters is 1. The number of hydrogen-bond acceptors (Lipinski definition) is 4. The fourth-order valence-electron chi connectivity index (χ4n) is 1.42. The van der Waals surface area contributed by atoms with Crippen molar-refractivity contribution in [2.75, 3.05) is 7.11 Å².